The summed E-state index contributed by atoms with van der Waals surface area (Å²) in [5.41, 5.74) is 1.21. The van der Waals surface area contributed by atoms with Crippen molar-refractivity contribution in [1.29, 1.82) is 0 Å². The fourth-order valence-corrected chi connectivity index (χ4v) is 2.99. The molecule has 2 amide bonds. The van der Waals surface area contributed by atoms with Crippen LogP contribution in [0.2, 0.25) is 0 Å². The number of carbonyl (C=O) groups is 2. The van der Waals surface area contributed by atoms with Crippen molar-refractivity contribution < 1.29 is 14.3 Å². The van der Waals surface area contributed by atoms with E-state index in [9.17, 15) is 9.59 Å². The maximum absolute atomic E-state index is 12.4. The van der Waals surface area contributed by atoms with E-state index in [1.807, 2.05) is 6.92 Å². The molecular formula is C16H18N4O3S. The molecule has 1 aliphatic heterocycles. The minimum absolute atomic E-state index is 0.0205. The second kappa shape index (κ2) is 7.50. The molecule has 1 aliphatic rings. The van der Waals surface area contributed by atoms with E-state index >= 15 is 0 Å². The number of hydrogen-bond acceptors (Lipinski definition) is 6. The lowest BCUT2D eigenvalue weighted by atomic mass is 10.1. The third-order valence-electron chi connectivity index (χ3n) is 3.65. The van der Waals surface area contributed by atoms with E-state index in [0.717, 1.165) is 11.4 Å². The highest BCUT2D eigenvalue weighted by Gasteiger charge is 2.18. The Bertz CT molecular complexity index is 723. The standard InChI is InChI=1S/C16H18N4O3S/c1-2-13-18-19-15(24-13)14(21)17-12-5-3-11(4-6-12)16(22)20-7-9-23-10-8-20/h3-6H,2,7-10H2,1H3,(H,17,21). The highest BCUT2D eigenvalue weighted by Crippen LogP contribution is 2.16. The van der Waals surface area contributed by atoms with Gasteiger partial charge in [0.15, 0.2) is 0 Å². The Morgan fingerprint density at radius 3 is 2.54 bits per heavy atom. The van der Waals surface area contributed by atoms with Gasteiger partial charge in [0.25, 0.3) is 11.8 Å². The quantitative estimate of drug-likeness (QED) is 0.913. The molecule has 1 aromatic heterocycles. The third kappa shape index (κ3) is 3.77. The minimum atomic E-state index is -0.292. The number of anilines is 1. The van der Waals surface area contributed by atoms with Crippen LogP contribution in [0.1, 0.15) is 32.1 Å². The van der Waals surface area contributed by atoms with Gasteiger partial charge in [-0.2, -0.15) is 0 Å². The van der Waals surface area contributed by atoms with Crippen molar-refractivity contribution >= 4 is 28.8 Å². The first kappa shape index (κ1) is 16.5. The van der Waals surface area contributed by atoms with E-state index < -0.39 is 0 Å². The van der Waals surface area contributed by atoms with Crippen LogP contribution in [0.15, 0.2) is 24.3 Å². The molecule has 7 nitrogen and oxygen atoms in total. The molecule has 1 saturated heterocycles. The zero-order valence-electron chi connectivity index (χ0n) is 13.3. The van der Waals surface area contributed by atoms with Gasteiger partial charge in [0.1, 0.15) is 5.01 Å². The SMILES string of the molecule is CCc1nnc(C(=O)Nc2ccc(C(=O)N3CCOCC3)cc2)s1. The lowest BCUT2D eigenvalue weighted by molar-refractivity contribution is 0.0303. The number of nitrogens with one attached hydrogen (secondary N) is 1. The average molecular weight is 346 g/mol. The van der Waals surface area contributed by atoms with Crippen LogP contribution in [0.3, 0.4) is 0 Å². The summed E-state index contributed by atoms with van der Waals surface area (Å²) < 4.78 is 5.25. The summed E-state index contributed by atoms with van der Waals surface area (Å²) in [5.74, 6) is -0.313. The van der Waals surface area contributed by atoms with Crippen LogP contribution >= 0.6 is 11.3 Å². The highest BCUT2D eigenvalue weighted by atomic mass is 32.1. The zero-order chi connectivity index (χ0) is 16.9. The Labute approximate surface area is 143 Å². The Balaban J connectivity index is 1.63. The Morgan fingerprint density at radius 1 is 1.21 bits per heavy atom. The van der Waals surface area contributed by atoms with Gasteiger partial charge in [-0.25, -0.2) is 0 Å². The van der Waals surface area contributed by atoms with Crippen molar-refractivity contribution in [2.24, 2.45) is 0 Å². The fraction of sp³-hybridized carbons (Fsp3) is 0.375. The molecule has 0 spiro atoms. The van der Waals surface area contributed by atoms with E-state index in [2.05, 4.69) is 15.5 Å². The third-order valence-corrected chi connectivity index (χ3v) is 4.72. The van der Waals surface area contributed by atoms with Crippen molar-refractivity contribution in [3.63, 3.8) is 0 Å². The maximum atomic E-state index is 12.4. The molecule has 0 saturated carbocycles. The number of aromatic nitrogens is 2. The van der Waals surface area contributed by atoms with Gasteiger partial charge >= 0.3 is 0 Å². The number of ether oxygens (including phenoxy) is 1. The number of carbonyl (C=O) groups excluding carboxylic acids is 2. The second-order valence-electron chi connectivity index (χ2n) is 5.29. The predicted octanol–water partition coefficient (Wildman–Crippen LogP) is 1.83. The van der Waals surface area contributed by atoms with Gasteiger partial charge in [-0.3, -0.25) is 9.59 Å². The van der Waals surface area contributed by atoms with Crippen molar-refractivity contribution in [3.05, 3.63) is 39.8 Å². The van der Waals surface area contributed by atoms with Crippen LogP contribution in [0.5, 0.6) is 0 Å². The molecule has 1 aromatic carbocycles. The molecule has 0 bridgehead atoms. The molecular weight excluding hydrogens is 328 g/mol. The topological polar surface area (TPSA) is 84.4 Å². The van der Waals surface area contributed by atoms with Crippen LogP contribution in [-0.2, 0) is 11.2 Å². The number of aryl methyl sites for hydroxylation is 1. The zero-order valence-corrected chi connectivity index (χ0v) is 14.1. The first-order valence-electron chi connectivity index (χ1n) is 7.78. The summed E-state index contributed by atoms with van der Waals surface area (Å²) in [7, 11) is 0. The summed E-state index contributed by atoms with van der Waals surface area (Å²) in [6.45, 7) is 4.32. The minimum Gasteiger partial charge on any atom is -0.378 e. The van der Waals surface area contributed by atoms with Crippen LogP contribution in [0, 0.1) is 0 Å². The summed E-state index contributed by atoms with van der Waals surface area (Å²) in [4.78, 5) is 26.2. The molecule has 2 aromatic rings. The molecule has 0 unspecified atom stereocenters. The smallest absolute Gasteiger partial charge is 0.286 e. The Morgan fingerprint density at radius 2 is 1.92 bits per heavy atom. The fourth-order valence-electron chi connectivity index (χ4n) is 2.32. The van der Waals surface area contributed by atoms with Crippen molar-refractivity contribution in [2.75, 3.05) is 31.6 Å². The van der Waals surface area contributed by atoms with Crippen LogP contribution in [-0.4, -0.2) is 53.2 Å². The lowest BCUT2D eigenvalue weighted by Crippen LogP contribution is -2.40. The highest BCUT2D eigenvalue weighted by molar-refractivity contribution is 7.13. The molecule has 0 atom stereocenters. The number of benzene rings is 1. The van der Waals surface area contributed by atoms with Gasteiger partial charge in [0.05, 0.1) is 13.2 Å². The number of morpholine rings is 1. The summed E-state index contributed by atoms with van der Waals surface area (Å²) >= 11 is 1.28. The van der Waals surface area contributed by atoms with Gasteiger partial charge in [-0.15, -0.1) is 10.2 Å². The number of hydrogen-bond donors (Lipinski definition) is 1. The van der Waals surface area contributed by atoms with Gasteiger partial charge < -0.3 is 15.0 Å². The molecule has 0 aliphatic carbocycles. The van der Waals surface area contributed by atoms with Gasteiger partial charge in [0.2, 0.25) is 5.01 Å². The molecule has 2 heterocycles. The van der Waals surface area contributed by atoms with Crippen molar-refractivity contribution in [3.8, 4) is 0 Å². The van der Waals surface area contributed by atoms with Crippen LogP contribution in [0.25, 0.3) is 0 Å². The Kier molecular flexibility index (Phi) is 5.17. The Hall–Kier alpha value is -2.32. The monoisotopic (exact) mass is 346 g/mol. The van der Waals surface area contributed by atoms with Gasteiger partial charge in [-0.1, -0.05) is 18.3 Å². The van der Waals surface area contributed by atoms with E-state index in [-0.39, 0.29) is 11.8 Å². The number of amides is 2. The summed E-state index contributed by atoms with van der Waals surface area (Å²) in [5, 5.41) is 11.7. The van der Waals surface area contributed by atoms with Gasteiger partial charge in [-0.05, 0) is 30.7 Å². The molecule has 8 heteroatoms. The second-order valence-corrected chi connectivity index (χ2v) is 6.35. The molecule has 24 heavy (non-hydrogen) atoms. The van der Waals surface area contributed by atoms with Crippen molar-refractivity contribution in [1.82, 2.24) is 15.1 Å². The molecule has 1 fully saturated rings. The molecule has 126 valence electrons. The largest absolute Gasteiger partial charge is 0.378 e. The van der Waals surface area contributed by atoms with E-state index in [1.165, 1.54) is 11.3 Å². The van der Waals surface area contributed by atoms with E-state index in [0.29, 0.717) is 42.6 Å². The summed E-state index contributed by atoms with van der Waals surface area (Å²) in [6, 6.07) is 6.86. The maximum Gasteiger partial charge on any atom is 0.286 e. The molecule has 3 rings (SSSR count). The average Bonchev–Trinajstić information content (AvgIpc) is 3.12. The molecule has 1 N–H and O–H groups in total. The van der Waals surface area contributed by atoms with Gasteiger partial charge in [0, 0.05) is 24.3 Å². The number of nitrogens with zero attached hydrogens (tertiary/aromatic N) is 3. The number of rotatable bonds is 4. The first-order chi connectivity index (χ1) is 11.7. The predicted molar refractivity (Wildman–Crippen MR) is 90.4 cm³/mol. The van der Waals surface area contributed by atoms with E-state index in [4.69, 9.17) is 4.74 Å². The lowest BCUT2D eigenvalue weighted by Gasteiger charge is -2.26. The van der Waals surface area contributed by atoms with Crippen molar-refractivity contribution in [2.45, 2.75) is 13.3 Å². The first-order valence-corrected chi connectivity index (χ1v) is 8.60. The molecule has 0 radical (unpaired) electrons. The normalized spacial score (nSPS) is 14.5. The van der Waals surface area contributed by atoms with Crippen LogP contribution in [0.4, 0.5) is 5.69 Å². The van der Waals surface area contributed by atoms with Crippen LogP contribution < -0.4 is 5.32 Å². The van der Waals surface area contributed by atoms with E-state index in [1.54, 1.807) is 29.2 Å². The summed E-state index contributed by atoms with van der Waals surface area (Å²) in [6.07, 6.45) is 0.753.